The van der Waals surface area contributed by atoms with Crippen LogP contribution in [-0.4, -0.2) is 25.3 Å². The van der Waals surface area contributed by atoms with E-state index in [0.717, 1.165) is 12.0 Å². The average molecular weight is 224 g/mol. The summed E-state index contributed by atoms with van der Waals surface area (Å²) in [6.07, 6.45) is -0.103. The molecule has 1 unspecified atom stereocenters. The van der Waals surface area contributed by atoms with Crippen LogP contribution in [0.2, 0.25) is 0 Å². The van der Waals surface area contributed by atoms with Gasteiger partial charge in [0.25, 0.3) is 0 Å². The van der Waals surface area contributed by atoms with Crippen molar-refractivity contribution in [3.05, 3.63) is 29.3 Å². The lowest BCUT2D eigenvalue weighted by Gasteiger charge is -2.13. The first-order chi connectivity index (χ1) is 7.63. The molecular formula is C12H16O4. The number of carbonyl (C=O) groups is 1. The third-order valence-corrected chi connectivity index (χ3v) is 2.45. The molecule has 1 rings (SSSR count). The highest BCUT2D eigenvalue weighted by molar-refractivity contribution is 5.74. The Kier molecular flexibility index (Phi) is 4.31. The van der Waals surface area contributed by atoms with Crippen molar-refractivity contribution in [3.8, 4) is 5.75 Å². The molecule has 1 aromatic rings. The molecule has 0 aromatic heterocycles. The molecule has 0 heterocycles. The molecule has 0 amide bonds. The second-order valence-electron chi connectivity index (χ2n) is 3.38. The summed E-state index contributed by atoms with van der Waals surface area (Å²) < 4.78 is 10.1. The molecular weight excluding hydrogens is 208 g/mol. The van der Waals surface area contributed by atoms with E-state index < -0.39 is 12.1 Å². The van der Waals surface area contributed by atoms with E-state index in [1.54, 1.807) is 19.2 Å². The normalized spacial score (nSPS) is 12.2. The van der Waals surface area contributed by atoms with Crippen molar-refractivity contribution in [1.29, 1.82) is 0 Å². The minimum absolute atomic E-state index is 0.587. The van der Waals surface area contributed by atoms with Crippen molar-refractivity contribution in [1.82, 2.24) is 0 Å². The van der Waals surface area contributed by atoms with Gasteiger partial charge >= 0.3 is 5.97 Å². The van der Waals surface area contributed by atoms with Crippen molar-refractivity contribution in [2.75, 3.05) is 14.2 Å². The Morgan fingerprint density at radius 3 is 2.56 bits per heavy atom. The van der Waals surface area contributed by atoms with Crippen molar-refractivity contribution >= 4 is 5.97 Å². The van der Waals surface area contributed by atoms with Gasteiger partial charge in [-0.15, -0.1) is 0 Å². The summed E-state index contributed by atoms with van der Waals surface area (Å²) in [5.41, 5.74) is 1.63. The third-order valence-electron chi connectivity index (χ3n) is 2.45. The number of aryl methyl sites for hydroxylation is 1. The molecule has 4 heteroatoms. The van der Waals surface area contributed by atoms with Crippen LogP contribution in [0.15, 0.2) is 18.2 Å². The van der Waals surface area contributed by atoms with Crippen molar-refractivity contribution in [2.45, 2.75) is 19.4 Å². The maximum absolute atomic E-state index is 10.9. The molecule has 0 spiro atoms. The smallest absolute Gasteiger partial charge is 0.337 e. The Labute approximate surface area is 94.8 Å². The largest absolute Gasteiger partial charge is 0.496 e. The molecule has 0 aliphatic heterocycles. The first-order valence-corrected chi connectivity index (χ1v) is 5.06. The van der Waals surface area contributed by atoms with E-state index in [-0.39, 0.29) is 0 Å². The van der Waals surface area contributed by atoms with Crippen molar-refractivity contribution in [2.24, 2.45) is 0 Å². The Bertz CT molecular complexity index is 373. The van der Waals surface area contributed by atoms with E-state index >= 15 is 0 Å². The molecule has 0 fully saturated rings. The monoisotopic (exact) mass is 224 g/mol. The van der Waals surface area contributed by atoms with Crippen LogP contribution in [-0.2, 0) is 16.0 Å². The van der Waals surface area contributed by atoms with Gasteiger partial charge in [-0.05, 0) is 23.6 Å². The molecule has 1 atom stereocenters. The van der Waals surface area contributed by atoms with Crippen LogP contribution < -0.4 is 4.74 Å². The van der Waals surface area contributed by atoms with E-state index in [2.05, 4.69) is 0 Å². The Balaban J connectivity index is 3.11. The van der Waals surface area contributed by atoms with E-state index in [1.165, 1.54) is 7.11 Å². The summed E-state index contributed by atoms with van der Waals surface area (Å²) in [4.78, 5) is 10.9. The van der Waals surface area contributed by atoms with Gasteiger partial charge in [0.05, 0.1) is 7.11 Å². The zero-order valence-corrected chi connectivity index (χ0v) is 9.69. The fourth-order valence-corrected chi connectivity index (χ4v) is 1.60. The molecule has 0 aliphatic rings. The van der Waals surface area contributed by atoms with Gasteiger partial charge in [0.15, 0.2) is 6.10 Å². The second kappa shape index (κ2) is 5.51. The number of hydrogen-bond acceptors (Lipinski definition) is 3. The van der Waals surface area contributed by atoms with Gasteiger partial charge in [0.2, 0.25) is 0 Å². The van der Waals surface area contributed by atoms with Crippen LogP contribution in [0.25, 0.3) is 0 Å². The minimum atomic E-state index is -1.01. The van der Waals surface area contributed by atoms with Gasteiger partial charge in [0, 0.05) is 7.11 Å². The SMILES string of the molecule is CCc1ccc(C(OC)C(=O)O)cc1OC. The zero-order chi connectivity index (χ0) is 12.1. The van der Waals surface area contributed by atoms with Crippen molar-refractivity contribution in [3.63, 3.8) is 0 Å². The molecule has 0 aliphatic carbocycles. The van der Waals surface area contributed by atoms with Crippen molar-refractivity contribution < 1.29 is 19.4 Å². The van der Waals surface area contributed by atoms with Gasteiger partial charge in [-0.2, -0.15) is 0 Å². The fourth-order valence-electron chi connectivity index (χ4n) is 1.60. The first-order valence-electron chi connectivity index (χ1n) is 5.06. The number of benzene rings is 1. The van der Waals surface area contributed by atoms with Gasteiger partial charge in [-0.1, -0.05) is 19.1 Å². The third kappa shape index (κ3) is 2.52. The Morgan fingerprint density at radius 2 is 2.12 bits per heavy atom. The maximum atomic E-state index is 10.9. The summed E-state index contributed by atoms with van der Waals surface area (Å²) in [6.45, 7) is 2.02. The highest BCUT2D eigenvalue weighted by Crippen LogP contribution is 2.25. The number of carboxylic acids is 1. The predicted molar refractivity (Wildman–Crippen MR) is 59.8 cm³/mol. The van der Waals surface area contributed by atoms with E-state index in [1.807, 2.05) is 13.0 Å². The lowest BCUT2D eigenvalue weighted by molar-refractivity contribution is -0.148. The number of rotatable bonds is 5. The summed E-state index contributed by atoms with van der Waals surface area (Å²) in [7, 11) is 2.94. The van der Waals surface area contributed by atoms with Crippen LogP contribution in [0.4, 0.5) is 0 Å². The molecule has 0 saturated carbocycles. The number of ether oxygens (including phenoxy) is 2. The number of methoxy groups -OCH3 is 2. The minimum Gasteiger partial charge on any atom is -0.496 e. The fraction of sp³-hybridized carbons (Fsp3) is 0.417. The molecule has 0 bridgehead atoms. The second-order valence-corrected chi connectivity index (χ2v) is 3.38. The summed E-state index contributed by atoms with van der Waals surface area (Å²) in [5.74, 6) is -0.308. The quantitative estimate of drug-likeness (QED) is 0.831. The number of carboxylic acid groups (broad SMARTS) is 1. The summed E-state index contributed by atoms with van der Waals surface area (Å²) >= 11 is 0. The molecule has 88 valence electrons. The van der Waals surface area contributed by atoms with E-state index in [4.69, 9.17) is 14.6 Å². The molecule has 0 saturated heterocycles. The van der Waals surface area contributed by atoms with Crippen LogP contribution in [0.5, 0.6) is 5.75 Å². The zero-order valence-electron chi connectivity index (χ0n) is 9.69. The highest BCUT2D eigenvalue weighted by Gasteiger charge is 2.19. The number of hydrogen-bond donors (Lipinski definition) is 1. The molecule has 0 radical (unpaired) electrons. The Morgan fingerprint density at radius 1 is 1.44 bits per heavy atom. The molecule has 1 aromatic carbocycles. The van der Waals surface area contributed by atoms with Crippen LogP contribution in [0.3, 0.4) is 0 Å². The topological polar surface area (TPSA) is 55.8 Å². The summed E-state index contributed by atoms with van der Waals surface area (Å²) in [5, 5.41) is 8.95. The van der Waals surface area contributed by atoms with Gasteiger partial charge in [-0.25, -0.2) is 4.79 Å². The molecule has 4 nitrogen and oxygen atoms in total. The maximum Gasteiger partial charge on any atom is 0.337 e. The first kappa shape index (κ1) is 12.5. The van der Waals surface area contributed by atoms with Crippen LogP contribution >= 0.6 is 0 Å². The average Bonchev–Trinajstić information content (AvgIpc) is 2.29. The summed E-state index contributed by atoms with van der Waals surface area (Å²) in [6, 6.07) is 5.33. The predicted octanol–water partition coefficient (Wildman–Crippen LogP) is 2.03. The number of aliphatic carboxylic acids is 1. The van der Waals surface area contributed by atoms with Gasteiger partial charge < -0.3 is 14.6 Å². The standard InChI is InChI=1S/C12H16O4/c1-4-8-5-6-9(7-10(8)15-2)11(16-3)12(13)14/h5-7,11H,4H2,1-3H3,(H,13,14). The molecule has 16 heavy (non-hydrogen) atoms. The Hall–Kier alpha value is -1.55. The van der Waals surface area contributed by atoms with E-state index in [0.29, 0.717) is 11.3 Å². The highest BCUT2D eigenvalue weighted by atomic mass is 16.5. The van der Waals surface area contributed by atoms with Crippen LogP contribution in [0.1, 0.15) is 24.2 Å². The lowest BCUT2D eigenvalue weighted by Crippen LogP contribution is -2.13. The van der Waals surface area contributed by atoms with Crippen LogP contribution in [0, 0.1) is 0 Å². The molecule has 1 N–H and O–H groups in total. The van der Waals surface area contributed by atoms with E-state index in [9.17, 15) is 4.79 Å². The van der Waals surface area contributed by atoms with Gasteiger partial charge in [0.1, 0.15) is 5.75 Å². The van der Waals surface area contributed by atoms with Gasteiger partial charge in [-0.3, -0.25) is 0 Å². The lowest BCUT2D eigenvalue weighted by atomic mass is 10.0.